The monoisotopic (exact) mass is 314 g/mol. The quantitative estimate of drug-likeness (QED) is 0.501. The Labute approximate surface area is 138 Å². The van der Waals surface area contributed by atoms with Crippen LogP contribution >= 0.6 is 0 Å². The summed E-state index contributed by atoms with van der Waals surface area (Å²) in [6, 6.07) is 0. The van der Waals surface area contributed by atoms with E-state index >= 15 is 0 Å². The molecule has 0 amide bonds. The van der Waals surface area contributed by atoms with Gasteiger partial charge in [-0.1, -0.05) is 62.3 Å². The van der Waals surface area contributed by atoms with E-state index in [-0.39, 0.29) is 22.2 Å². The molecule has 0 aromatic rings. The van der Waals surface area contributed by atoms with Gasteiger partial charge in [0.25, 0.3) is 0 Å². The Balaban J connectivity index is 5.30. The van der Waals surface area contributed by atoms with E-state index in [2.05, 4.69) is 62.3 Å². The van der Waals surface area contributed by atoms with Crippen molar-refractivity contribution < 1.29 is 14.3 Å². The van der Waals surface area contributed by atoms with Crippen LogP contribution in [0, 0.1) is 21.7 Å². The van der Waals surface area contributed by atoms with Crippen molar-refractivity contribution in [1.82, 2.24) is 0 Å². The summed E-state index contributed by atoms with van der Waals surface area (Å²) in [4.78, 5) is 12.9. The highest BCUT2D eigenvalue weighted by atomic mass is 16.7. The van der Waals surface area contributed by atoms with Gasteiger partial charge < -0.3 is 9.47 Å². The summed E-state index contributed by atoms with van der Waals surface area (Å²) in [5, 5.41) is 0. The van der Waals surface area contributed by atoms with E-state index in [1.54, 1.807) is 7.11 Å². The lowest BCUT2D eigenvalue weighted by Crippen LogP contribution is -2.46. The second-order valence-electron chi connectivity index (χ2n) is 10.2. The third-order valence-electron chi connectivity index (χ3n) is 4.27. The van der Waals surface area contributed by atoms with Gasteiger partial charge in [-0.2, -0.15) is 0 Å². The first-order chi connectivity index (χ1) is 9.52. The number of ether oxygens (including phenoxy) is 2. The predicted octanol–water partition coefficient (Wildman–Crippen LogP) is 5.43. The molecule has 0 fully saturated rings. The highest BCUT2D eigenvalue weighted by molar-refractivity contribution is 5.77. The van der Waals surface area contributed by atoms with E-state index in [1.807, 2.05) is 6.92 Å². The summed E-state index contributed by atoms with van der Waals surface area (Å²) >= 11 is 0. The molecule has 0 bridgehead atoms. The highest BCUT2D eigenvalue weighted by Crippen LogP contribution is 2.47. The molecule has 0 saturated heterocycles. The van der Waals surface area contributed by atoms with Gasteiger partial charge in [0.1, 0.15) is 0 Å². The minimum Gasteiger partial charge on any atom is -0.435 e. The van der Waals surface area contributed by atoms with E-state index in [1.165, 1.54) is 0 Å². The molecule has 0 aliphatic rings. The zero-order chi connectivity index (χ0) is 18.0. The summed E-state index contributed by atoms with van der Waals surface area (Å²) in [7, 11) is 1.60. The molecule has 0 aliphatic carbocycles. The number of rotatable bonds is 5. The van der Waals surface area contributed by atoms with Crippen LogP contribution in [-0.4, -0.2) is 19.4 Å². The molecule has 0 spiro atoms. The second-order valence-corrected chi connectivity index (χ2v) is 10.2. The smallest absolute Gasteiger partial charge is 0.314 e. The van der Waals surface area contributed by atoms with Crippen LogP contribution in [0.25, 0.3) is 0 Å². The van der Waals surface area contributed by atoms with E-state index in [0.29, 0.717) is 6.42 Å². The van der Waals surface area contributed by atoms with Crippen LogP contribution < -0.4 is 0 Å². The third-order valence-corrected chi connectivity index (χ3v) is 4.27. The van der Waals surface area contributed by atoms with Gasteiger partial charge >= 0.3 is 5.97 Å². The molecule has 22 heavy (non-hydrogen) atoms. The normalized spacial score (nSPS) is 17.8. The van der Waals surface area contributed by atoms with Crippen LogP contribution in [0.2, 0.25) is 0 Å². The van der Waals surface area contributed by atoms with Gasteiger partial charge in [-0.15, -0.1) is 0 Å². The average Bonchev–Trinajstić information content (AvgIpc) is 2.21. The number of esters is 1. The lowest BCUT2D eigenvalue weighted by molar-refractivity contribution is -0.197. The van der Waals surface area contributed by atoms with Gasteiger partial charge in [-0.25, -0.2) is 0 Å². The molecule has 0 saturated carbocycles. The maximum Gasteiger partial charge on any atom is 0.314 e. The fourth-order valence-electron chi connectivity index (χ4n) is 2.63. The predicted molar refractivity (Wildman–Crippen MR) is 92.6 cm³/mol. The standard InChI is InChI=1S/C19H38O3/c1-16(2,3)12-14(21-11)22-15(20)19(10,18(7,8)9)13-17(4,5)6/h14H,12-13H2,1-11H3. The van der Waals surface area contributed by atoms with E-state index < -0.39 is 11.7 Å². The summed E-state index contributed by atoms with van der Waals surface area (Å²) in [5.41, 5.74) is -0.645. The van der Waals surface area contributed by atoms with E-state index in [9.17, 15) is 4.79 Å². The van der Waals surface area contributed by atoms with Crippen LogP contribution in [0.5, 0.6) is 0 Å². The highest BCUT2D eigenvalue weighted by Gasteiger charge is 2.48. The van der Waals surface area contributed by atoms with Crippen molar-refractivity contribution in [2.24, 2.45) is 21.7 Å². The van der Waals surface area contributed by atoms with Crippen LogP contribution in [0.1, 0.15) is 82.1 Å². The third kappa shape index (κ3) is 6.68. The Morgan fingerprint density at radius 2 is 1.32 bits per heavy atom. The number of hydrogen-bond acceptors (Lipinski definition) is 3. The average molecular weight is 315 g/mol. The number of carbonyl (C=O) groups is 1. The maximum absolute atomic E-state index is 12.9. The van der Waals surface area contributed by atoms with Gasteiger partial charge in [-0.05, 0) is 29.6 Å². The van der Waals surface area contributed by atoms with Crippen molar-refractivity contribution in [3.63, 3.8) is 0 Å². The number of carbonyl (C=O) groups excluding carboxylic acids is 1. The summed E-state index contributed by atoms with van der Waals surface area (Å²) in [6.07, 6.45) is 0.966. The molecular weight excluding hydrogens is 276 g/mol. The molecule has 3 heteroatoms. The molecule has 0 radical (unpaired) electrons. The first-order valence-corrected chi connectivity index (χ1v) is 8.26. The minimum absolute atomic E-state index is 0.0448. The SMILES string of the molecule is COC(CC(C)(C)C)OC(=O)C(C)(CC(C)(C)C)C(C)(C)C. The van der Waals surface area contributed by atoms with E-state index in [4.69, 9.17) is 9.47 Å². The Bertz CT molecular complexity index is 366. The van der Waals surface area contributed by atoms with Crippen molar-refractivity contribution in [1.29, 1.82) is 0 Å². The molecule has 0 aromatic carbocycles. The lowest BCUT2D eigenvalue weighted by Gasteiger charge is -2.44. The molecule has 0 N–H and O–H groups in total. The Hall–Kier alpha value is -0.570. The second kappa shape index (κ2) is 6.90. The lowest BCUT2D eigenvalue weighted by atomic mass is 9.61. The van der Waals surface area contributed by atoms with Crippen molar-refractivity contribution in [3.05, 3.63) is 0 Å². The largest absolute Gasteiger partial charge is 0.435 e. The van der Waals surface area contributed by atoms with Crippen molar-refractivity contribution in [3.8, 4) is 0 Å². The Kier molecular flexibility index (Phi) is 6.72. The van der Waals surface area contributed by atoms with Crippen LogP contribution in [-0.2, 0) is 14.3 Å². The summed E-state index contributed by atoms with van der Waals surface area (Å²) in [5.74, 6) is -0.161. The molecule has 0 rings (SSSR count). The van der Waals surface area contributed by atoms with Crippen molar-refractivity contribution >= 4 is 5.97 Å². The fourth-order valence-corrected chi connectivity index (χ4v) is 2.63. The van der Waals surface area contributed by atoms with Crippen LogP contribution in [0.4, 0.5) is 0 Å². The first-order valence-electron chi connectivity index (χ1n) is 8.26. The summed E-state index contributed by atoms with van der Waals surface area (Å²) in [6.45, 7) is 21.2. The van der Waals surface area contributed by atoms with Gasteiger partial charge in [0.05, 0.1) is 5.41 Å². The molecule has 3 nitrogen and oxygen atoms in total. The van der Waals surface area contributed by atoms with E-state index in [0.717, 1.165) is 6.42 Å². The minimum atomic E-state index is -0.556. The molecule has 0 heterocycles. The molecular formula is C19H38O3. The Morgan fingerprint density at radius 1 is 0.864 bits per heavy atom. The number of hydrogen-bond donors (Lipinski definition) is 0. The Morgan fingerprint density at radius 3 is 1.59 bits per heavy atom. The van der Waals surface area contributed by atoms with Gasteiger partial charge in [-0.3, -0.25) is 4.79 Å². The zero-order valence-electron chi connectivity index (χ0n) is 16.7. The van der Waals surface area contributed by atoms with Gasteiger partial charge in [0.15, 0.2) is 0 Å². The molecule has 0 aromatic heterocycles. The first kappa shape index (κ1) is 21.4. The number of methoxy groups -OCH3 is 1. The topological polar surface area (TPSA) is 35.5 Å². The molecule has 0 aliphatic heterocycles. The zero-order valence-corrected chi connectivity index (χ0v) is 16.7. The van der Waals surface area contributed by atoms with Crippen LogP contribution in [0.3, 0.4) is 0 Å². The maximum atomic E-state index is 12.9. The van der Waals surface area contributed by atoms with Crippen molar-refractivity contribution in [2.45, 2.75) is 88.4 Å². The van der Waals surface area contributed by atoms with Crippen molar-refractivity contribution in [2.75, 3.05) is 7.11 Å². The molecule has 2 unspecified atom stereocenters. The molecule has 132 valence electrons. The van der Waals surface area contributed by atoms with Gasteiger partial charge in [0.2, 0.25) is 6.29 Å². The summed E-state index contributed by atoms with van der Waals surface area (Å²) < 4.78 is 11.1. The van der Waals surface area contributed by atoms with Gasteiger partial charge in [0, 0.05) is 13.5 Å². The molecule has 2 atom stereocenters. The fraction of sp³-hybridized carbons (Fsp3) is 0.947. The van der Waals surface area contributed by atoms with Crippen LogP contribution in [0.15, 0.2) is 0 Å².